The molecule has 2 rings (SSSR count). The summed E-state index contributed by atoms with van der Waals surface area (Å²) >= 11 is 4.90. The monoisotopic (exact) mass is 284 g/mol. The predicted molar refractivity (Wildman–Crippen MR) is 63.4 cm³/mol. The number of aryl methyl sites for hydroxylation is 2. The molecule has 0 unspecified atom stereocenters. The minimum Gasteiger partial charge on any atom is -0.287 e. The molecule has 0 aliphatic carbocycles. The minimum atomic E-state index is 0.00576. The van der Waals surface area contributed by atoms with Crippen LogP contribution < -0.4 is 0 Å². The molecule has 15 heavy (non-hydrogen) atoms. The molecule has 0 radical (unpaired) electrons. The van der Waals surface area contributed by atoms with Crippen molar-refractivity contribution in [3.63, 3.8) is 0 Å². The van der Waals surface area contributed by atoms with Crippen LogP contribution in [0, 0.1) is 6.92 Å². The normalized spacial score (nSPS) is 10.6. The molecule has 2 aromatic rings. The highest BCUT2D eigenvalue weighted by molar-refractivity contribution is 9.10. The van der Waals surface area contributed by atoms with E-state index in [0.29, 0.717) is 5.69 Å². The molecule has 0 aliphatic rings. The van der Waals surface area contributed by atoms with Crippen LogP contribution in [0.4, 0.5) is 0 Å². The lowest BCUT2D eigenvalue weighted by Crippen LogP contribution is -2.07. The number of rotatable bonds is 2. The van der Waals surface area contributed by atoms with Gasteiger partial charge in [-0.1, -0.05) is 0 Å². The lowest BCUT2D eigenvalue weighted by Gasteiger charge is -1.99. The fourth-order valence-electron chi connectivity index (χ4n) is 1.37. The second-order valence-electron chi connectivity index (χ2n) is 3.24. The molecule has 2 heterocycles. The van der Waals surface area contributed by atoms with E-state index in [2.05, 4.69) is 21.0 Å². The molecule has 0 bridgehead atoms. The van der Waals surface area contributed by atoms with Crippen LogP contribution >= 0.6 is 27.3 Å². The lowest BCUT2D eigenvalue weighted by molar-refractivity contribution is 0.103. The average molecular weight is 285 g/mol. The largest absolute Gasteiger partial charge is 0.287 e. The van der Waals surface area contributed by atoms with Crippen molar-refractivity contribution in [2.45, 2.75) is 6.92 Å². The van der Waals surface area contributed by atoms with Crippen LogP contribution in [0.2, 0.25) is 0 Å². The first-order valence-corrected chi connectivity index (χ1v) is 6.04. The van der Waals surface area contributed by atoms with Gasteiger partial charge in [0.25, 0.3) is 0 Å². The van der Waals surface area contributed by atoms with Gasteiger partial charge < -0.3 is 0 Å². The van der Waals surface area contributed by atoms with Gasteiger partial charge in [0.15, 0.2) is 0 Å². The van der Waals surface area contributed by atoms with Crippen molar-refractivity contribution in [1.29, 1.82) is 0 Å². The van der Waals surface area contributed by atoms with Gasteiger partial charge >= 0.3 is 0 Å². The number of halogens is 1. The number of ketones is 1. The van der Waals surface area contributed by atoms with Crippen molar-refractivity contribution >= 4 is 33.0 Å². The summed E-state index contributed by atoms with van der Waals surface area (Å²) in [6.45, 7) is 1.99. The third kappa shape index (κ3) is 1.89. The van der Waals surface area contributed by atoms with E-state index >= 15 is 0 Å². The standard InChI is InChI=1S/C10H9BrN2OS/c1-6-3-7(5-15-6)10(14)9-8(11)4-12-13(9)2/h3-5H,1-2H3. The third-order valence-electron chi connectivity index (χ3n) is 2.10. The Hall–Kier alpha value is -0.940. The van der Waals surface area contributed by atoms with Crippen molar-refractivity contribution in [1.82, 2.24) is 9.78 Å². The number of nitrogens with zero attached hydrogens (tertiary/aromatic N) is 2. The van der Waals surface area contributed by atoms with Crippen LogP contribution in [0.25, 0.3) is 0 Å². The van der Waals surface area contributed by atoms with E-state index in [9.17, 15) is 4.79 Å². The quantitative estimate of drug-likeness (QED) is 0.795. The summed E-state index contributed by atoms with van der Waals surface area (Å²) in [6.07, 6.45) is 1.63. The second-order valence-corrected chi connectivity index (χ2v) is 5.21. The molecular weight excluding hydrogens is 276 g/mol. The smallest absolute Gasteiger partial charge is 0.213 e. The van der Waals surface area contributed by atoms with E-state index in [1.165, 1.54) is 0 Å². The van der Waals surface area contributed by atoms with Gasteiger partial charge in [-0.25, -0.2) is 0 Å². The van der Waals surface area contributed by atoms with Crippen LogP contribution in [0.5, 0.6) is 0 Å². The predicted octanol–water partition coefficient (Wildman–Crippen LogP) is 2.78. The van der Waals surface area contributed by atoms with E-state index in [-0.39, 0.29) is 5.78 Å². The molecule has 5 heteroatoms. The molecule has 0 saturated carbocycles. The Morgan fingerprint density at radius 1 is 1.60 bits per heavy atom. The number of hydrogen-bond donors (Lipinski definition) is 0. The van der Waals surface area contributed by atoms with Gasteiger partial charge in [-0.2, -0.15) is 5.10 Å². The van der Waals surface area contributed by atoms with Crippen LogP contribution in [0.1, 0.15) is 20.9 Å². The van der Waals surface area contributed by atoms with Crippen LogP contribution in [-0.2, 0) is 7.05 Å². The third-order valence-corrected chi connectivity index (χ3v) is 3.54. The van der Waals surface area contributed by atoms with Crippen molar-refractivity contribution in [2.24, 2.45) is 7.05 Å². The Balaban J connectivity index is 2.45. The topological polar surface area (TPSA) is 34.9 Å². The first-order chi connectivity index (χ1) is 7.09. The van der Waals surface area contributed by atoms with Crippen molar-refractivity contribution in [3.8, 4) is 0 Å². The first-order valence-electron chi connectivity index (χ1n) is 4.37. The van der Waals surface area contributed by atoms with E-state index in [1.807, 2.05) is 18.4 Å². The van der Waals surface area contributed by atoms with Crippen molar-refractivity contribution in [3.05, 3.63) is 38.3 Å². The lowest BCUT2D eigenvalue weighted by atomic mass is 10.1. The summed E-state index contributed by atoms with van der Waals surface area (Å²) < 4.78 is 2.32. The minimum absolute atomic E-state index is 0.00576. The zero-order valence-corrected chi connectivity index (χ0v) is 10.7. The fourth-order valence-corrected chi connectivity index (χ4v) is 2.58. The zero-order valence-electron chi connectivity index (χ0n) is 8.32. The van der Waals surface area contributed by atoms with Crippen molar-refractivity contribution < 1.29 is 4.79 Å². The molecule has 78 valence electrons. The van der Waals surface area contributed by atoms with E-state index in [4.69, 9.17) is 0 Å². The van der Waals surface area contributed by atoms with Gasteiger partial charge in [-0.3, -0.25) is 9.48 Å². The number of aromatic nitrogens is 2. The summed E-state index contributed by atoms with van der Waals surface area (Å²) in [5, 5.41) is 5.89. The van der Waals surface area contributed by atoms with E-state index in [0.717, 1.165) is 14.9 Å². The Kier molecular flexibility index (Phi) is 2.75. The van der Waals surface area contributed by atoms with Gasteiger partial charge in [-0.15, -0.1) is 11.3 Å². The van der Waals surface area contributed by atoms with E-state index in [1.54, 1.807) is 29.3 Å². The van der Waals surface area contributed by atoms with Crippen molar-refractivity contribution in [2.75, 3.05) is 0 Å². The molecular formula is C10H9BrN2OS. The number of carbonyl (C=O) groups is 1. The Bertz CT molecular complexity index is 496. The number of hydrogen-bond acceptors (Lipinski definition) is 3. The molecule has 0 aromatic carbocycles. The Labute approximate surface area is 99.9 Å². The average Bonchev–Trinajstić information content (AvgIpc) is 2.73. The summed E-state index contributed by atoms with van der Waals surface area (Å²) in [4.78, 5) is 13.2. The Morgan fingerprint density at radius 2 is 2.33 bits per heavy atom. The van der Waals surface area contributed by atoms with Gasteiger partial charge in [0.2, 0.25) is 5.78 Å². The molecule has 0 atom stereocenters. The maximum absolute atomic E-state index is 12.1. The van der Waals surface area contributed by atoms with E-state index < -0.39 is 0 Å². The van der Waals surface area contributed by atoms with Gasteiger partial charge in [0.1, 0.15) is 5.69 Å². The van der Waals surface area contributed by atoms with Gasteiger partial charge in [-0.05, 0) is 28.9 Å². The second kappa shape index (κ2) is 3.90. The maximum atomic E-state index is 12.1. The molecule has 0 saturated heterocycles. The SMILES string of the molecule is Cc1cc(C(=O)c2c(Br)cnn2C)cs1. The maximum Gasteiger partial charge on any atom is 0.213 e. The van der Waals surface area contributed by atoms with Crippen LogP contribution in [0.3, 0.4) is 0 Å². The summed E-state index contributed by atoms with van der Waals surface area (Å²) in [5.41, 5.74) is 1.31. The molecule has 3 nitrogen and oxygen atoms in total. The van der Waals surface area contributed by atoms with Crippen LogP contribution in [0.15, 0.2) is 22.1 Å². The fraction of sp³-hybridized carbons (Fsp3) is 0.200. The van der Waals surface area contributed by atoms with Crippen LogP contribution in [-0.4, -0.2) is 15.6 Å². The zero-order chi connectivity index (χ0) is 11.0. The van der Waals surface area contributed by atoms with Gasteiger partial charge in [0.05, 0.1) is 10.7 Å². The molecule has 0 N–H and O–H groups in total. The highest BCUT2D eigenvalue weighted by Gasteiger charge is 2.17. The Morgan fingerprint density at radius 3 is 2.80 bits per heavy atom. The first kappa shape index (κ1) is 10.6. The molecule has 0 spiro atoms. The summed E-state index contributed by atoms with van der Waals surface area (Å²) in [7, 11) is 1.76. The molecule has 0 aliphatic heterocycles. The molecule has 0 fully saturated rings. The summed E-state index contributed by atoms with van der Waals surface area (Å²) in [6, 6.07) is 1.90. The number of thiophene rings is 1. The summed E-state index contributed by atoms with van der Waals surface area (Å²) in [5.74, 6) is 0.00576. The molecule has 2 aromatic heterocycles. The molecule has 0 amide bonds. The number of carbonyl (C=O) groups excluding carboxylic acids is 1. The van der Waals surface area contributed by atoms with Gasteiger partial charge in [0, 0.05) is 22.9 Å². The highest BCUT2D eigenvalue weighted by atomic mass is 79.9. The highest BCUT2D eigenvalue weighted by Crippen LogP contribution is 2.21.